The predicted molar refractivity (Wildman–Crippen MR) is 89.8 cm³/mol. The van der Waals surface area contributed by atoms with E-state index in [0.29, 0.717) is 17.8 Å². The summed E-state index contributed by atoms with van der Waals surface area (Å²) in [4.78, 5) is 11.6. The number of aromatic nitrogens is 2. The van der Waals surface area contributed by atoms with Gasteiger partial charge in [-0.25, -0.2) is 9.07 Å². The van der Waals surface area contributed by atoms with Crippen LogP contribution in [0.4, 0.5) is 10.1 Å². The Balaban J connectivity index is 0.00000220. The minimum absolute atomic E-state index is 0. The van der Waals surface area contributed by atoms with Gasteiger partial charge in [-0.3, -0.25) is 4.79 Å². The van der Waals surface area contributed by atoms with Gasteiger partial charge in [0, 0.05) is 24.5 Å². The number of carbonyl (C=O) groups excluding carboxylic acids is 1. The molecule has 1 aromatic heterocycles. The van der Waals surface area contributed by atoms with Crippen molar-refractivity contribution >= 4 is 36.4 Å². The molecule has 0 saturated carbocycles. The molecule has 2 rings (SSSR count). The Morgan fingerprint density at radius 1 is 1.36 bits per heavy atom. The van der Waals surface area contributed by atoms with E-state index in [0.717, 1.165) is 13.0 Å². The number of hydrogen-bond donors (Lipinski definition) is 2. The minimum atomic E-state index is -0.429. The van der Waals surface area contributed by atoms with E-state index in [4.69, 9.17) is 0 Å². The van der Waals surface area contributed by atoms with Crippen LogP contribution in [0.15, 0.2) is 36.7 Å². The molecule has 0 aliphatic rings. The van der Waals surface area contributed by atoms with E-state index in [1.807, 2.05) is 7.05 Å². The Hall–Kier alpha value is -1.63. The van der Waals surface area contributed by atoms with Crippen LogP contribution in [0.1, 0.15) is 12.8 Å². The van der Waals surface area contributed by atoms with Crippen LogP contribution in [0, 0.1) is 5.82 Å². The highest BCUT2D eigenvalue weighted by Crippen LogP contribution is 2.17. The van der Waals surface area contributed by atoms with Gasteiger partial charge in [0.15, 0.2) is 5.82 Å². The van der Waals surface area contributed by atoms with Crippen LogP contribution in [0.25, 0.3) is 5.69 Å². The highest BCUT2D eigenvalue weighted by Gasteiger charge is 2.08. The van der Waals surface area contributed by atoms with E-state index in [2.05, 4.69) is 15.7 Å². The standard InChI is InChI=1S/C14H17FN4O.2ClH/c1-16-7-2-4-14(20)18-11-5-6-13(12(15)10-11)19-9-3-8-17-19;;/h3,5-6,8-10,16H,2,4,7H2,1H3,(H,18,20);2*1H. The van der Waals surface area contributed by atoms with Crippen molar-refractivity contribution < 1.29 is 9.18 Å². The van der Waals surface area contributed by atoms with Gasteiger partial charge in [0.25, 0.3) is 0 Å². The molecular weight excluding hydrogens is 330 g/mol. The number of amides is 1. The van der Waals surface area contributed by atoms with Crippen LogP contribution >= 0.6 is 24.8 Å². The average Bonchev–Trinajstić information content (AvgIpc) is 2.93. The largest absolute Gasteiger partial charge is 0.326 e. The van der Waals surface area contributed by atoms with Crippen LogP contribution in [0.3, 0.4) is 0 Å². The number of nitrogens with zero attached hydrogens (tertiary/aromatic N) is 2. The van der Waals surface area contributed by atoms with Gasteiger partial charge in [0.05, 0.1) is 0 Å². The Morgan fingerprint density at radius 3 is 2.73 bits per heavy atom. The molecule has 2 N–H and O–H groups in total. The molecule has 0 unspecified atom stereocenters. The molecule has 0 aliphatic heterocycles. The average molecular weight is 349 g/mol. The van der Waals surface area contributed by atoms with E-state index in [9.17, 15) is 9.18 Å². The second-order valence-corrected chi connectivity index (χ2v) is 4.37. The van der Waals surface area contributed by atoms with Crippen molar-refractivity contribution in [1.29, 1.82) is 0 Å². The summed E-state index contributed by atoms with van der Waals surface area (Å²) in [5.41, 5.74) is 0.802. The third kappa shape index (κ3) is 5.63. The van der Waals surface area contributed by atoms with E-state index in [1.165, 1.54) is 10.7 Å². The van der Waals surface area contributed by atoms with Crippen LogP contribution in [-0.4, -0.2) is 29.3 Å². The van der Waals surface area contributed by atoms with Gasteiger partial charge in [-0.2, -0.15) is 5.10 Å². The fourth-order valence-corrected chi connectivity index (χ4v) is 1.83. The molecule has 122 valence electrons. The van der Waals surface area contributed by atoms with E-state index in [-0.39, 0.29) is 30.7 Å². The van der Waals surface area contributed by atoms with Gasteiger partial charge >= 0.3 is 0 Å². The first kappa shape index (κ1) is 20.4. The van der Waals surface area contributed by atoms with Crippen molar-refractivity contribution in [2.75, 3.05) is 18.9 Å². The van der Waals surface area contributed by atoms with E-state index < -0.39 is 5.82 Å². The zero-order valence-electron chi connectivity index (χ0n) is 12.1. The maximum absolute atomic E-state index is 13.9. The van der Waals surface area contributed by atoms with Gasteiger partial charge in [0.1, 0.15) is 5.69 Å². The van der Waals surface area contributed by atoms with Crippen molar-refractivity contribution in [2.24, 2.45) is 0 Å². The SMILES string of the molecule is CNCCCC(=O)Nc1ccc(-n2cccn2)c(F)c1.Cl.Cl. The molecule has 0 aliphatic carbocycles. The molecule has 22 heavy (non-hydrogen) atoms. The van der Waals surface area contributed by atoms with Crippen LogP contribution < -0.4 is 10.6 Å². The molecular formula is C14H19Cl2FN4O. The maximum Gasteiger partial charge on any atom is 0.224 e. The smallest absolute Gasteiger partial charge is 0.224 e. The maximum atomic E-state index is 13.9. The Kier molecular flexibility index (Phi) is 9.40. The number of nitrogens with one attached hydrogen (secondary N) is 2. The zero-order valence-corrected chi connectivity index (χ0v) is 13.7. The minimum Gasteiger partial charge on any atom is -0.326 e. The van der Waals surface area contributed by atoms with Crippen LogP contribution in [0.5, 0.6) is 0 Å². The molecule has 1 aromatic carbocycles. The van der Waals surface area contributed by atoms with Gasteiger partial charge < -0.3 is 10.6 Å². The lowest BCUT2D eigenvalue weighted by molar-refractivity contribution is -0.116. The zero-order chi connectivity index (χ0) is 14.4. The molecule has 2 aromatic rings. The van der Waals surface area contributed by atoms with Crippen molar-refractivity contribution in [3.8, 4) is 5.69 Å². The topological polar surface area (TPSA) is 59.0 Å². The Bertz CT molecular complexity index is 578. The number of halogens is 3. The molecule has 0 bridgehead atoms. The highest BCUT2D eigenvalue weighted by molar-refractivity contribution is 5.90. The first-order valence-corrected chi connectivity index (χ1v) is 6.44. The quantitative estimate of drug-likeness (QED) is 0.789. The first-order chi connectivity index (χ1) is 9.70. The fourth-order valence-electron chi connectivity index (χ4n) is 1.83. The number of hydrogen-bond acceptors (Lipinski definition) is 3. The lowest BCUT2D eigenvalue weighted by Crippen LogP contribution is -2.15. The highest BCUT2D eigenvalue weighted by atomic mass is 35.5. The van der Waals surface area contributed by atoms with Crippen molar-refractivity contribution in [2.45, 2.75) is 12.8 Å². The van der Waals surface area contributed by atoms with Gasteiger partial charge in [0.2, 0.25) is 5.91 Å². The molecule has 0 radical (unpaired) electrons. The summed E-state index contributed by atoms with van der Waals surface area (Å²) in [6, 6.07) is 6.27. The lowest BCUT2D eigenvalue weighted by atomic mass is 10.2. The molecule has 1 amide bonds. The van der Waals surface area contributed by atoms with Crippen molar-refractivity contribution in [3.63, 3.8) is 0 Å². The third-order valence-corrected chi connectivity index (χ3v) is 2.81. The van der Waals surface area contributed by atoms with Crippen LogP contribution in [-0.2, 0) is 4.79 Å². The molecule has 0 spiro atoms. The molecule has 8 heteroatoms. The van der Waals surface area contributed by atoms with Gasteiger partial charge in [-0.1, -0.05) is 0 Å². The van der Waals surface area contributed by atoms with Crippen molar-refractivity contribution in [3.05, 3.63) is 42.5 Å². The summed E-state index contributed by atoms with van der Waals surface area (Å²) < 4.78 is 15.4. The summed E-state index contributed by atoms with van der Waals surface area (Å²) in [6.07, 6.45) is 4.39. The summed E-state index contributed by atoms with van der Waals surface area (Å²) in [6.45, 7) is 0.778. The number of carbonyl (C=O) groups is 1. The Labute approximate surface area is 141 Å². The predicted octanol–water partition coefficient (Wildman–Crippen LogP) is 2.79. The number of rotatable bonds is 6. The molecule has 1 heterocycles. The second-order valence-electron chi connectivity index (χ2n) is 4.37. The molecule has 5 nitrogen and oxygen atoms in total. The lowest BCUT2D eigenvalue weighted by Gasteiger charge is -2.08. The van der Waals surface area contributed by atoms with Crippen LogP contribution in [0.2, 0.25) is 0 Å². The first-order valence-electron chi connectivity index (χ1n) is 6.44. The van der Waals surface area contributed by atoms with Gasteiger partial charge in [-0.05, 0) is 44.3 Å². The summed E-state index contributed by atoms with van der Waals surface area (Å²) in [5, 5.41) is 9.62. The van der Waals surface area contributed by atoms with E-state index >= 15 is 0 Å². The molecule has 0 saturated heterocycles. The number of benzene rings is 1. The monoisotopic (exact) mass is 348 g/mol. The number of anilines is 1. The third-order valence-electron chi connectivity index (χ3n) is 2.81. The normalized spacial score (nSPS) is 9.55. The second kappa shape index (κ2) is 10.2. The molecule has 0 atom stereocenters. The summed E-state index contributed by atoms with van der Waals surface area (Å²) >= 11 is 0. The Morgan fingerprint density at radius 2 is 2.14 bits per heavy atom. The summed E-state index contributed by atoms with van der Waals surface area (Å²) in [7, 11) is 1.83. The summed E-state index contributed by atoms with van der Waals surface area (Å²) in [5.74, 6) is -0.548. The fraction of sp³-hybridized carbons (Fsp3) is 0.286. The van der Waals surface area contributed by atoms with Crippen molar-refractivity contribution in [1.82, 2.24) is 15.1 Å². The van der Waals surface area contributed by atoms with Gasteiger partial charge in [-0.15, -0.1) is 24.8 Å². The molecule has 0 fully saturated rings. The van der Waals surface area contributed by atoms with E-state index in [1.54, 1.807) is 30.6 Å².